The van der Waals surface area contributed by atoms with Crippen molar-refractivity contribution in [3.05, 3.63) is 60.0 Å². The van der Waals surface area contributed by atoms with E-state index in [-0.39, 0.29) is 6.42 Å². The third-order valence-corrected chi connectivity index (χ3v) is 3.91. The fraction of sp³-hybridized carbons (Fsp3) is 0.263. The van der Waals surface area contributed by atoms with Crippen molar-refractivity contribution in [3.63, 3.8) is 0 Å². The highest BCUT2D eigenvalue weighted by atomic mass is 19.4. The number of nitrogens with one attached hydrogen (secondary N) is 1. The molecule has 0 saturated carbocycles. The summed E-state index contributed by atoms with van der Waals surface area (Å²) in [6, 6.07) is 14.1. The Morgan fingerprint density at radius 2 is 1.74 bits per heavy atom. The number of rotatable bonds is 7. The fourth-order valence-corrected chi connectivity index (χ4v) is 2.44. The average Bonchev–Trinajstić information content (AvgIpc) is 3.14. The number of hydrogen-bond donors (Lipinski definition) is 1. The number of anilines is 1. The van der Waals surface area contributed by atoms with E-state index in [4.69, 9.17) is 9.26 Å². The van der Waals surface area contributed by atoms with Crippen molar-refractivity contribution in [1.82, 2.24) is 10.1 Å². The highest BCUT2D eigenvalue weighted by Crippen LogP contribution is 2.23. The fourth-order valence-electron chi connectivity index (χ4n) is 2.44. The standard InChI is InChI=1S/C19H18F3N3O2/c1-26-16-8-4-14(5-9-16)18-24-17(27-25-18)12-23-15-6-2-13(3-7-15)10-11-19(20,21)22/h2-9,23H,10-12H2,1H3. The monoisotopic (exact) mass is 377 g/mol. The van der Waals surface area contributed by atoms with Crippen LogP contribution < -0.4 is 10.1 Å². The molecule has 3 aromatic rings. The van der Waals surface area contributed by atoms with E-state index in [2.05, 4.69) is 15.5 Å². The first-order valence-corrected chi connectivity index (χ1v) is 8.29. The first-order valence-electron chi connectivity index (χ1n) is 8.29. The van der Waals surface area contributed by atoms with Crippen LogP contribution in [0.5, 0.6) is 5.75 Å². The Morgan fingerprint density at radius 1 is 1.04 bits per heavy atom. The molecule has 0 saturated heterocycles. The molecule has 0 aliphatic carbocycles. The Morgan fingerprint density at radius 3 is 2.37 bits per heavy atom. The van der Waals surface area contributed by atoms with Crippen LogP contribution in [-0.2, 0) is 13.0 Å². The van der Waals surface area contributed by atoms with Crippen LogP contribution in [0.4, 0.5) is 18.9 Å². The zero-order valence-corrected chi connectivity index (χ0v) is 14.6. The molecule has 0 aliphatic rings. The number of halogens is 3. The van der Waals surface area contributed by atoms with Gasteiger partial charge in [0, 0.05) is 17.7 Å². The SMILES string of the molecule is COc1ccc(-c2noc(CNc3ccc(CCC(F)(F)F)cc3)n2)cc1. The minimum atomic E-state index is -4.14. The molecule has 0 spiro atoms. The third kappa shape index (κ3) is 5.47. The molecule has 142 valence electrons. The minimum absolute atomic E-state index is 0.0291. The van der Waals surface area contributed by atoms with Gasteiger partial charge in [-0.25, -0.2) is 0 Å². The van der Waals surface area contributed by atoms with Crippen molar-refractivity contribution in [2.24, 2.45) is 0 Å². The largest absolute Gasteiger partial charge is 0.497 e. The van der Waals surface area contributed by atoms with Crippen LogP contribution in [0.2, 0.25) is 0 Å². The number of ether oxygens (including phenoxy) is 1. The van der Waals surface area contributed by atoms with Crippen LogP contribution in [0.1, 0.15) is 17.9 Å². The Balaban J connectivity index is 1.55. The second-order valence-electron chi connectivity index (χ2n) is 5.91. The van der Waals surface area contributed by atoms with Crippen molar-refractivity contribution in [2.75, 3.05) is 12.4 Å². The van der Waals surface area contributed by atoms with E-state index < -0.39 is 12.6 Å². The van der Waals surface area contributed by atoms with Gasteiger partial charge in [-0.15, -0.1) is 0 Å². The smallest absolute Gasteiger partial charge is 0.389 e. The Kier molecular flexibility index (Phi) is 5.63. The predicted molar refractivity (Wildman–Crippen MR) is 94.4 cm³/mol. The van der Waals surface area contributed by atoms with Gasteiger partial charge in [0.25, 0.3) is 0 Å². The van der Waals surface area contributed by atoms with Gasteiger partial charge in [0.05, 0.1) is 13.7 Å². The molecule has 0 atom stereocenters. The van der Waals surface area contributed by atoms with E-state index in [1.54, 1.807) is 31.4 Å². The van der Waals surface area contributed by atoms with E-state index in [0.29, 0.717) is 23.8 Å². The van der Waals surface area contributed by atoms with Crippen LogP contribution in [0, 0.1) is 0 Å². The van der Waals surface area contributed by atoms with E-state index in [9.17, 15) is 13.2 Å². The first kappa shape index (κ1) is 18.8. The second kappa shape index (κ2) is 8.11. The number of alkyl halides is 3. The molecule has 0 amide bonds. The molecule has 1 N–H and O–H groups in total. The molecule has 8 heteroatoms. The number of methoxy groups -OCH3 is 1. The third-order valence-electron chi connectivity index (χ3n) is 3.91. The molecular formula is C19H18F3N3O2. The first-order chi connectivity index (χ1) is 12.9. The lowest BCUT2D eigenvalue weighted by atomic mass is 10.1. The van der Waals surface area contributed by atoms with Crippen molar-refractivity contribution in [1.29, 1.82) is 0 Å². The summed E-state index contributed by atoms with van der Waals surface area (Å²) < 4.78 is 47.1. The number of hydrogen-bond acceptors (Lipinski definition) is 5. The van der Waals surface area contributed by atoms with Gasteiger partial charge in [0.1, 0.15) is 5.75 Å². The summed E-state index contributed by atoms with van der Waals surface area (Å²) in [4.78, 5) is 4.32. The molecule has 0 unspecified atom stereocenters. The van der Waals surface area contributed by atoms with E-state index in [1.165, 1.54) is 0 Å². The van der Waals surface area contributed by atoms with Gasteiger partial charge < -0.3 is 14.6 Å². The zero-order chi connectivity index (χ0) is 19.3. The van der Waals surface area contributed by atoms with Crippen LogP contribution >= 0.6 is 0 Å². The number of benzene rings is 2. The zero-order valence-electron chi connectivity index (χ0n) is 14.6. The highest BCUT2D eigenvalue weighted by molar-refractivity contribution is 5.55. The molecule has 2 aromatic carbocycles. The van der Waals surface area contributed by atoms with Crippen LogP contribution in [-0.4, -0.2) is 23.4 Å². The Labute approximate surface area is 154 Å². The molecular weight excluding hydrogens is 359 g/mol. The van der Waals surface area contributed by atoms with Gasteiger partial charge in [0.2, 0.25) is 11.7 Å². The predicted octanol–water partition coefficient (Wildman–Crippen LogP) is 4.85. The summed E-state index contributed by atoms with van der Waals surface area (Å²) in [6.45, 7) is 0.311. The maximum atomic E-state index is 12.2. The van der Waals surface area contributed by atoms with Gasteiger partial charge in [0.15, 0.2) is 0 Å². The summed E-state index contributed by atoms with van der Waals surface area (Å²) in [5.74, 6) is 1.61. The molecule has 27 heavy (non-hydrogen) atoms. The molecule has 0 aliphatic heterocycles. The molecule has 0 radical (unpaired) electrons. The quantitative estimate of drug-likeness (QED) is 0.638. The minimum Gasteiger partial charge on any atom is -0.497 e. The van der Waals surface area contributed by atoms with Crippen molar-refractivity contribution >= 4 is 5.69 Å². The second-order valence-corrected chi connectivity index (χ2v) is 5.91. The van der Waals surface area contributed by atoms with Crippen molar-refractivity contribution in [2.45, 2.75) is 25.6 Å². The van der Waals surface area contributed by atoms with E-state index in [0.717, 1.165) is 17.0 Å². The van der Waals surface area contributed by atoms with Crippen molar-refractivity contribution < 1.29 is 22.4 Å². The summed E-state index contributed by atoms with van der Waals surface area (Å²) >= 11 is 0. The summed E-state index contributed by atoms with van der Waals surface area (Å²) in [5, 5.41) is 7.05. The molecule has 3 rings (SSSR count). The van der Waals surface area contributed by atoms with Gasteiger partial charge in [-0.3, -0.25) is 0 Å². The van der Waals surface area contributed by atoms with Gasteiger partial charge in [-0.2, -0.15) is 18.2 Å². The molecule has 1 heterocycles. The van der Waals surface area contributed by atoms with E-state index >= 15 is 0 Å². The average molecular weight is 377 g/mol. The number of nitrogens with zero attached hydrogens (tertiary/aromatic N) is 2. The molecule has 1 aromatic heterocycles. The summed E-state index contributed by atoms with van der Waals surface area (Å²) in [6.07, 6.45) is -5.00. The maximum Gasteiger partial charge on any atom is 0.389 e. The Hall–Kier alpha value is -3.03. The molecule has 5 nitrogen and oxygen atoms in total. The van der Waals surface area contributed by atoms with Gasteiger partial charge in [-0.1, -0.05) is 17.3 Å². The number of aryl methyl sites for hydroxylation is 1. The number of aromatic nitrogens is 2. The van der Waals surface area contributed by atoms with Crippen LogP contribution in [0.3, 0.4) is 0 Å². The van der Waals surface area contributed by atoms with Crippen LogP contribution in [0.15, 0.2) is 53.1 Å². The maximum absolute atomic E-state index is 12.2. The topological polar surface area (TPSA) is 60.2 Å². The van der Waals surface area contributed by atoms with Gasteiger partial charge in [-0.05, 0) is 48.4 Å². The highest BCUT2D eigenvalue weighted by Gasteiger charge is 2.26. The van der Waals surface area contributed by atoms with E-state index in [1.807, 2.05) is 24.3 Å². The molecule has 0 fully saturated rings. The van der Waals surface area contributed by atoms with Crippen LogP contribution in [0.25, 0.3) is 11.4 Å². The summed E-state index contributed by atoms with van der Waals surface area (Å²) in [5.41, 5.74) is 2.20. The lowest BCUT2D eigenvalue weighted by Crippen LogP contribution is -2.08. The Bertz CT molecular complexity index is 859. The lowest BCUT2D eigenvalue weighted by molar-refractivity contribution is -0.133. The molecule has 0 bridgehead atoms. The van der Waals surface area contributed by atoms with Gasteiger partial charge >= 0.3 is 6.18 Å². The normalized spacial score (nSPS) is 11.4. The van der Waals surface area contributed by atoms with Crippen molar-refractivity contribution in [3.8, 4) is 17.1 Å². The lowest BCUT2D eigenvalue weighted by Gasteiger charge is -2.07. The summed E-state index contributed by atoms with van der Waals surface area (Å²) in [7, 11) is 1.59.